The summed E-state index contributed by atoms with van der Waals surface area (Å²) in [6, 6.07) is 1.06. The first-order valence-corrected chi connectivity index (χ1v) is 9.50. The lowest BCUT2D eigenvalue weighted by molar-refractivity contribution is 0.0145. The van der Waals surface area contributed by atoms with Gasteiger partial charge in [-0.25, -0.2) is 4.79 Å². The first-order chi connectivity index (χ1) is 10.8. The molecule has 1 N–H and O–H groups in total. The maximum atomic E-state index is 12.3. The molecule has 1 aliphatic rings. The van der Waals surface area contributed by atoms with E-state index in [0.717, 1.165) is 19.5 Å². The zero-order valence-corrected chi connectivity index (χ0v) is 16.2. The summed E-state index contributed by atoms with van der Waals surface area (Å²) >= 11 is 0. The van der Waals surface area contributed by atoms with Gasteiger partial charge in [0.1, 0.15) is 5.60 Å². The number of hydrogen-bond donors (Lipinski definition) is 1. The quantitative estimate of drug-likeness (QED) is 0.744. The molecule has 0 aromatic carbocycles. The van der Waals surface area contributed by atoms with Gasteiger partial charge < -0.3 is 15.0 Å². The molecule has 1 fully saturated rings. The minimum atomic E-state index is -0.415. The lowest BCUT2D eigenvalue weighted by Crippen LogP contribution is -2.49. The van der Waals surface area contributed by atoms with Gasteiger partial charge in [0.25, 0.3) is 0 Å². The minimum Gasteiger partial charge on any atom is -0.444 e. The highest BCUT2D eigenvalue weighted by Crippen LogP contribution is 2.22. The predicted octanol–water partition coefficient (Wildman–Crippen LogP) is 4.58. The van der Waals surface area contributed by atoms with Crippen molar-refractivity contribution < 1.29 is 9.53 Å². The van der Waals surface area contributed by atoms with Gasteiger partial charge in [-0.15, -0.1) is 0 Å². The summed E-state index contributed by atoms with van der Waals surface area (Å²) in [6.07, 6.45) is 7.02. The Kier molecular flexibility index (Phi) is 8.38. The van der Waals surface area contributed by atoms with E-state index in [1.165, 1.54) is 32.1 Å². The number of carbonyl (C=O) groups excluding carboxylic acids is 1. The van der Waals surface area contributed by atoms with Crippen molar-refractivity contribution in [2.75, 3.05) is 13.1 Å². The SMILES string of the molecule is CCCC(CCC)NC(C)C1CCCN(C(=O)OC(C)(C)C)C1. The summed E-state index contributed by atoms with van der Waals surface area (Å²) in [5.74, 6) is 0.521. The van der Waals surface area contributed by atoms with Crippen molar-refractivity contribution in [2.45, 2.75) is 97.8 Å². The molecule has 0 radical (unpaired) electrons. The number of hydrogen-bond acceptors (Lipinski definition) is 3. The van der Waals surface area contributed by atoms with Crippen molar-refractivity contribution >= 4 is 6.09 Å². The molecule has 0 aliphatic carbocycles. The Bertz CT molecular complexity index is 346. The number of likely N-dealkylation sites (tertiary alicyclic amines) is 1. The molecule has 136 valence electrons. The van der Waals surface area contributed by atoms with E-state index < -0.39 is 5.60 Å². The van der Waals surface area contributed by atoms with Gasteiger partial charge in [-0.1, -0.05) is 26.7 Å². The lowest BCUT2D eigenvalue weighted by atomic mass is 9.90. The van der Waals surface area contributed by atoms with Crippen LogP contribution in [0.2, 0.25) is 0 Å². The number of nitrogens with zero attached hydrogens (tertiary/aromatic N) is 1. The molecule has 1 aliphatic heterocycles. The fourth-order valence-electron chi connectivity index (χ4n) is 3.43. The topological polar surface area (TPSA) is 41.6 Å². The van der Waals surface area contributed by atoms with Gasteiger partial charge in [0, 0.05) is 25.2 Å². The molecule has 0 spiro atoms. The predicted molar refractivity (Wildman–Crippen MR) is 96.7 cm³/mol. The van der Waals surface area contributed by atoms with Crippen LogP contribution in [-0.4, -0.2) is 41.8 Å². The standard InChI is InChI=1S/C19H38N2O2/c1-7-10-17(11-8-2)20-15(3)16-12-9-13-21(14-16)18(22)23-19(4,5)6/h15-17,20H,7-14H2,1-6H3. The Morgan fingerprint density at radius 1 is 1.26 bits per heavy atom. The third-order valence-electron chi connectivity index (χ3n) is 4.59. The number of ether oxygens (including phenoxy) is 1. The first-order valence-electron chi connectivity index (χ1n) is 9.50. The number of carbonyl (C=O) groups is 1. The van der Waals surface area contributed by atoms with Gasteiger partial charge in [-0.2, -0.15) is 0 Å². The van der Waals surface area contributed by atoms with Crippen LogP contribution in [-0.2, 0) is 4.74 Å². The van der Waals surface area contributed by atoms with Crippen LogP contribution in [0.4, 0.5) is 4.79 Å². The van der Waals surface area contributed by atoms with Crippen LogP contribution in [0, 0.1) is 5.92 Å². The van der Waals surface area contributed by atoms with Crippen LogP contribution < -0.4 is 5.32 Å². The van der Waals surface area contributed by atoms with Gasteiger partial charge in [-0.05, 0) is 59.3 Å². The molecular formula is C19H38N2O2. The Hall–Kier alpha value is -0.770. The largest absolute Gasteiger partial charge is 0.444 e. The lowest BCUT2D eigenvalue weighted by Gasteiger charge is -2.38. The third kappa shape index (κ3) is 7.56. The van der Waals surface area contributed by atoms with Crippen LogP contribution in [0.15, 0.2) is 0 Å². The molecule has 1 amide bonds. The highest BCUT2D eigenvalue weighted by atomic mass is 16.6. The van der Waals surface area contributed by atoms with Crippen molar-refractivity contribution in [2.24, 2.45) is 5.92 Å². The van der Waals surface area contributed by atoms with E-state index >= 15 is 0 Å². The van der Waals surface area contributed by atoms with Crippen LogP contribution in [0.3, 0.4) is 0 Å². The maximum Gasteiger partial charge on any atom is 0.410 e. The minimum absolute atomic E-state index is 0.159. The van der Waals surface area contributed by atoms with E-state index in [0.29, 0.717) is 18.0 Å². The van der Waals surface area contributed by atoms with Crippen LogP contribution >= 0.6 is 0 Å². The maximum absolute atomic E-state index is 12.3. The molecule has 0 bridgehead atoms. The summed E-state index contributed by atoms with van der Waals surface area (Å²) in [5, 5.41) is 3.82. The van der Waals surface area contributed by atoms with Gasteiger partial charge >= 0.3 is 6.09 Å². The van der Waals surface area contributed by atoms with Crippen molar-refractivity contribution in [1.82, 2.24) is 10.2 Å². The Labute approximate surface area is 143 Å². The molecule has 1 rings (SSSR count). The molecule has 0 saturated carbocycles. The number of amides is 1. The van der Waals surface area contributed by atoms with Crippen molar-refractivity contribution in [3.05, 3.63) is 0 Å². The van der Waals surface area contributed by atoms with E-state index in [-0.39, 0.29) is 6.09 Å². The average Bonchev–Trinajstić information content (AvgIpc) is 2.46. The Morgan fingerprint density at radius 3 is 2.39 bits per heavy atom. The van der Waals surface area contributed by atoms with Crippen LogP contribution in [0.25, 0.3) is 0 Å². The van der Waals surface area contributed by atoms with Gasteiger partial charge in [0.15, 0.2) is 0 Å². The van der Waals surface area contributed by atoms with E-state index in [1.807, 2.05) is 25.7 Å². The molecule has 0 aromatic rings. The summed E-state index contributed by atoms with van der Waals surface area (Å²) in [6.45, 7) is 14.2. The summed E-state index contributed by atoms with van der Waals surface area (Å²) in [7, 11) is 0. The molecule has 0 aromatic heterocycles. The smallest absolute Gasteiger partial charge is 0.410 e. The van der Waals surface area contributed by atoms with Gasteiger partial charge in [0.05, 0.1) is 0 Å². The monoisotopic (exact) mass is 326 g/mol. The van der Waals surface area contributed by atoms with E-state index in [4.69, 9.17) is 4.74 Å². The third-order valence-corrected chi connectivity index (χ3v) is 4.59. The summed E-state index contributed by atoms with van der Waals surface area (Å²) < 4.78 is 5.53. The van der Waals surface area contributed by atoms with E-state index in [2.05, 4.69) is 26.1 Å². The van der Waals surface area contributed by atoms with E-state index in [1.54, 1.807) is 0 Å². The molecule has 4 heteroatoms. The zero-order chi connectivity index (χ0) is 17.5. The first kappa shape index (κ1) is 20.3. The fourth-order valence-corrected chi connectivity index (χ4v) is 3.43. The summed E-state index contributed by atoms with van der Waals surface area (Å²) in [5.41, 5.74) is -0.415. The van der Waals surface area contributed by atoms with Crippen molar-refractivity contribution in [3.8, 4) is 0 Å². The van der Waals surface area contributed by atoms with Gasteiger partial charge in [-0.3, -0.25) is 0 Å². The number of rotatable bonds is 7. The highest BCUT2D eigenvalue weighted by molar-refractivity contribution is 5.68. The second-order valence-corrected chi connectivity index (χ2v) is 8.06. The fraction of sp³-hybridized carbons (Fsp3) is 0.947. The number of piperidine rings is 1. The molecular weight excluding hydrogens is 288 g/mol. The Balaban J connectivity index is 2.54. The molecule has 2 atom stereocenters. The molecule has 2 unspecified atom stereocenters. The molecule has 1 saturated heterocycles. The van der Waals surface area contributed by atoms with Crippen molar-refractivity contribution in [1.29, 1.82) is 0 Å². The van der Waals surface area contributed by atoms with Crippen LogP contribution in [0.5, 0.6) is 0 Å². The molecule has 1 heterocycles. The normalized spacial score (nSPS) is 20.7. The van der Waals surface area contributed by atoms with Crippen LogP contribution in [0.1, 0.15) is 80.1 Å². The molecule has 4 nitrogen and oxygen atoms in total. The average molecular weight is 327 g/mol. The molecule has 23 heavy (non-hydrogen) atoms. The number of nitrogens with one attached hydrogen (secondary N) is 1. The zero-order valence-electron chi connectivity index (χ0n) is 16.2. The Morgan fingerprint density at radius 2 is 1.87 bits per heavy atom. The van der Waals surface area contributed by atoms with E-state index in [9.17, 15) is 4.79 Å². The second-order valence-electron chi connectivity index (χ2n) is 8.06. The van der Waals surface area contributed by atoms with Gasteiger partial charge in [0.2, 0.25) is 0 Å². The summed E-state index contributed by atoms with van der Waals surface area (Å²) in [4.78, 5) is 14.2. The highest BCUT2D eigenvalue weighted by Gasteiger charge is 2.30. The van der Waals surface area contributed by atoms with Crippen molar-refractivity contribution in [3.63, 3.8) is 0 Å². The second kappa shape index (κ2) is 9.51.